The van der Waals surface area contributed by atoms with E-state index in [-0.39, 0.29) is 17.6 Å². The summed E-state index contributed by atoms with van der Waals surface area (Å²) in [6.07, 6.45) is 8.76. The van der Waals surface area contributed by atoms with E-state index in [2.05, 4.69) is 45.8 Å². The molecule has 6 heteroatoms. The van der Waals surface area contributed by atoms with E-state index in [0.29, 0.717) is 13.2 Å². The molecular weight excluding hydrogens is 352 g/mol. The van der Waals surface area contributed by atoms with Gasteiger partial charge in [0.1, 0.15) is 11.6 Å². The maximum Gasteiger partial charge on any atom is 0.251 e. The van der Waals surface area contributed by atoms with E-state index < -0.39 is 0 Å². The molecule has 1 amide bonds. The van der Waals surface area contributed by atoms with Crippen LogP contribution in [0.25, 0.3) is 5.82 Å². The van der Waals surface area contributed by atoms with Crippen LogP contribution < -0.4 is 4.90 Å². The molecule has 0 aromatic carbocycles. The van der Waals surface area contributed by atoms with Crippen molar-refractivity contribution in [2.45, 2.75) is 50.7 Å². The van der Waals surface area contributed by atoms with Crippen LogP contribution in [0.2, 0.25) is 0 Å². The molecule has 5 rings (SSSR count). The highest BCUT2D eigenvalue weighted by atomic mass is 16.5. The van der Waals surface area contributed by atoms with Gasteiger partial charge >= 0.3 is 0 Å². The SMILES string of the molecule is CCCCN1c2cccnc2-n2cccc2[C@@]12CCN(C(=O)[C@H]1CCCO1)C2. The van der Waals surface area contributed by atoms with Crippen molar-refractivity contribution < 1.29 is 9.53 Å². The number of rotatable bonds is 4. The molecule has 2 fully saturated rings. The summed E-state index contributed by atoms with van der Waals surface area (Å²) in [4.78, 5) is 22.3. The predicted octanol–water partition coefficient (Wildman–Crippen LogP) is 3.10. The van der Waals surface area contributed by atoms with E-state index >= 15 is 0 Å². The molecule has 148 valence electrons. The zero-order valence-corrected chi connectivity index (χ0v) is 16.5. The second kappa shape index (κ2) is 6.92. The van der Waals surface area contributed by atoms with E-state index in [9.17, 15) is 4.79 Å². The third-order valence-corrected chi connectivity index (χ3v) is 6.53. The van der Waals surface area contributed by atoms with Gasteiger partial charge in [-0.3, -0.25) is 4.79 Å². The third kappa shape index (κ3) is 2.58. The number of hydrogen-bond acceptors (Lipinski definition) is 4. The molecule has 6 nitrogen and oxygen atoms in total. The molecule has 28 heavy (non-hydrogen) atoms. The number of hydrogen-bond donors (Lipinski definition) is 0. The molecule has 1 spiro atoms. The highest BCUT2D eigenvalue weighted by molar-refractivity contribution is 5.82. The molecule has 2 aromatic rings. The molecular formula is C22H28N4O2. The van der Waals surface area contributed by atoms with Gasteiger partial charge in [-0.15, -0.1) is 0 Å². The maximum atomic E-state index is 13.1. The van der Waals surface area contributed by atoms with Crippen LogP contribution in [0.5, 0.6) is 0 Å². The lowest BCUT2D eigenvalue weighted by atomic mass is 9.88. The van der Waals surface area contributed by atoms with Crippen LogP contribution >= 0.6 is 0 Å². The topological polar surface area (TPSA) is 50.6 Å². The number of pyridine rings is 1. The number of unbranched alkanes of at least 4 members (excludes halogenated alkanes) is 1. The summed E-state index contributed by atoms with van der Waals surface area (Å²) in [5.74, 6) is 1.16. The number of anilines is 1. The summed E-state index contributed by atoms with van der Waals surface area (Å²) in [5, 5.41) is 0. The largest absolute Gasteiger partial charge is 0.368 e. The van der Waals surface area contributed by atoms with Crippen molar-refractivity contribution in [2.24, 2.45) is 0 Å². The van der Waals surface area contributed by atoms with Crippen molar-refractivity contribution in [3.05, 3.63) is 42.4 Å². The van der Waals surface area contributed by atoms with Crippen molar-refractivity contribution in [3.8, 4) is 5.82 Å². The summed E-state index contributed by atoms with van der Waals surface area (Å²) in [6, 6.07) is 8.50. The molecule has 0 N–H and O–H groups in total. The van der Waals surface area contributed by atoms with Gasteiger partial charge < -0.3 is 19.1 Å². The number of aromatic nitrogens is 2. The van der Waals surface area contributed by atoms with Crippen molar-refractivity contribution in [3.63, 3.8) is 0 Å². The van der Waals surface area contributed by atoms with Gasteiger partial charge in [-0.1, -0.05) is 13.3 Å². The molecule has 3 aliphatic heterocycles. The monoisotopic (exact) mass is 380 g/mol. The quantitative estimate of drug-likeness (QED) is 0.818. The fourth-order valence-corrected chi connectivity index (χ4v) is 5.14. The van der Waals surface area contributed by atoms with E-state index in [4.69, 9.17) is 4.74 Å². The van der Waals surface area contributed by atoms with E-state index in [1.54, 1.807) is 0 Å². The fraction of sp³-hybridized carbons (Fsp3) is 0.545. The van der Waals surface area contributed by atoms with Crippen LogP contribution in [-0.4, -0.2) is 52.7 Å². The summed E-state index contributed by atoms with van der Waals surface area (Å²) in [6.45, 7) is 5.41. The number of nitrogens with zero attached hydrogens (tertiary/aromatic N) is 4. The Kier molecular flexibility index (Phi) is 4.38. The first-order valence-electron chi connectivity index (χ1n) is 10.6. The minimum atomic E-state index is -0.247. The van der Waals surface area contributed by atoms with Crippen LogP contribution in [0.3, 0.4) is 0 Å². The standard InChI is InChI=1S/C22H28N4O2/c1-2-3-13-26-17-7-4-11-23-20(17)25-12-5-9-19(25)22(26)10-14-24(16-22)21(27)18-8-6-15-28-18/h4-5,7,9,11-12,18H,2-3,6,8,10,13-16H2,1H3/t18-,22+/m1/s1. The molecule has 2 atom stereocenters. The molecule has 0 aliphatic carbocycles. The van der Waals surface area contributed by atoms with Crippen LogP contribution in [0, 0.1) is 0 Å². The molecule has 0 radical (unpaired) electrons. The predicted molar refractivity (Wildman–Crippen MR) is 108 cm³/mol. The second-order valence-corrected chi connectivity index (χ2v) is 8.16. The number of likely N-dealkylation sites (tertiary alicyclic amines) is 1. The Bertz CT molecular complexity index is 873. The van der Waals surface area contributed by atoms with Gasteiger partial charge in [-0.05, 0) is 49.9 Å². The van der Waals surface area contributed by atoms with Gasteiger partial charge in [0.2, 0.25) is 0 Å². The van der Waals surface area contributed by atoms with Gasteiger partial charge in [0.25, 0.3) is 5.91 Å². The van der Waals surface area contributed by atoms with Gasteiger partial charge in [-0.2, -0.15) is 0 Å². The summed E-state index contributed by atoms with van der Waals surface area (Å²) >= 11 is 0. The van der Waals surface area contributed by atoms with Crippen molar-refractivity contribution in [2.75, 3.05) is 31.1 Å². The van der Waals surface area contributed by atoms with Gasteiger partial charge in [-0.25, -0.2) is 4.98 Å². The minimum absolute atomic E-state index is 0.167. The molecule has 3 aliphatic rings. The lowest BCUT2D eigenvalue weighted by Crippen LogP contribution is -2.53. The van der Waals surface area contributed by atoms with Crippen LogP contribution in [0.15, 0.2) is 36.7 Å². The molecule has 2 aromatic heterocycles. The Labute approximate surface area is 166 Å². The second-order valence-electron chi connectivity index (χ2n) is 8.16. The first-order chi connectivity index (χ1) is 13.7. The first kappa shape index (κ1) is 17.7. The lowest BCUT2D eigenvalue weighted by Gasteiger charge is -2.47. The van der Waals surface area contributed by atoms with Crippen LogP contribution in [0.4, 0.5) is 5.69 Å². The summed E-state index contributed by atoms with van der Waals surface area (Å²) in [5.41, 5.74) is 2.23. The average molecular weight is 380 g/mol. The lowest BCUT2D eigenvalue weighted by molar-refractivity contribution is -0.140. The van der Waals surface area contributed by atoms with Crippen LogP contribution in [0.1, 0.15) is 44.7 Å². The highest BCUT2D eigenvalue weighted by Crippen LogP contribution is 2.47. The highest BCUT2D eigenvalue weighted by Gasteiger charge is 2.51. The Morgan fingerprint density at radius 3 is 3.11 bits per heavy atom. The Balaban J connectivity index is 1.54. The molecule has 0 unspecified atom stereocenters. The van der Waals surface area contributed by atoms with Gasteiger partial charge in [0, 0.05) is 38.6 Å². The first-order valence-corrected chi connectivity index (χ1v) is 10.6. The zero-order valence-electron chi connectivity index (χ0n) is 16.5. The Morgan fingerprint density at radius 2 is 2.29 bits per heavy atom. The molecule has 0 saturated carbocycles. The van der Waals surface area contributed by atoms with E-state index in [1.807, 2.05) is 17.2 Å². The number of amides is 1. The van der Waals surface area contributed by atoms with E-state index in [0.717, 1.165) is 51.0 Å². The zero-order chi connectivity index (χ0) is 19.1. The smallest absolute Gasteiger partial charge is 0.251 e. The Hall–Kier alpha value is -2.34. The average Bonchev–Trinajstić information content (AvgIpc) is 3.48. The fourth-order valence-electron chi connectivity index (χ4n) is 5.14. The molecule has 0 bridgehead atoms. The minimum Gasteiger partial charge on any atom is -0.368 e. The van der Waals surface area contributed by atoms with Gasteiger partial charge in [0.15, 0.2) is 5.82 Å². The number of carbonyl (C=O) groups is 1. The third-order valence-electron chi connectivity index (χ3n) is 6.53. The maximum absolute atomic E-state index is 13.1. The van der Waals surface area contributed by atoms with Crippen molar-refractivity contribution in [1.82, 2.24) is 14.5 Å². The number of carbonyl (C=O) groups excluding carboxylic acids is 1. The number of fused-ring (bicyclic) bond motifs is 4. The number of ether oxygens (including phenoxy) is 1. The van der Waals surface area contributed by atoms with Crippen molar-refractivity contribution >= 4 is 11.6 Å². The molecule has 5 heterocycles. The summed E-state index contributed by atoms with van der Waals surface area (Å²) < 4.78 is 7.91. The normalized spacial score (nSPS) is 26.0. The van der Waals surface area contributed by atoms with Gasteiger partial charge in [0.05, 0.1) is 11.4 Å². The van der Waals surface area contributed by atoms with Crippen molar-refractivity contribution in [1.29, 1.82) is 0 Å². The summed E-state index contributed by atoms with van der Waals surface area (Å²) in [7, 11) is 0. The van der Waals surface area contributed by atoms with E-state index in [1.165, 1.54) is 11.4 Å². The molecule has 2 saturated heterocycles. The Morgan fingerprint density at radius 1 is 1.36 bits per heavy atom. The van der Waals surface area contributed by atoms with Crippen LogP contribution in [-0.2, 0) is 15.1 Å².